The molecule has 0 amide bonds. The number of carboxylic acids is 2. The maximum absolute atomic E-state index is 11.3. The zero-order valence-corrected chi connectivity index (χ0v) is 13.1. The minimum atomic E-state index is -0.850. The van der Waals surface area contributed by atoms with E-state index in [-0.39, 0.29) is 0 Å². The summed E-state index contributed by atoms with van der Waals surface area (Å²) in [5, 5.41) is 20.1. The number of rotatable bonds is 9. The first-order chi connectivity index (χ1) is 9.79. The highest BCUT2D eigenvalue weighted by molar-refractivity contribution is 5.78. The Bertz CT molecular complexity index is 375. The van der Waals surface area contributed by atoms with Gasteiger partial charge in [0.05, 0.1) is 0 Å². The first kappa shape index (κ1) is 17.9. The van der Waals surface area contributed by atoms with Crippen molar-refractivity contribution >= 4 is 11.9 Å². The van der Waals surface area contributed by atoms with Crippen LogP contribution in [0.1, 0.15) is 39.0 Å². The van der Waals surface area contributed by atoms with Crippen LogP contribution < -0.4 is 5.43 Å². The van der Waals surface area contributed by atoms with Crippen molar-refractivity contribution in [1.29, 1.82) is 0 Å². The molecule has 1 aliphatic heterocycles. The van der Waals surface area contributed by atoms with Crippen LogP contribution in [0.2, 0.25) is 0 Å². The van der Waals surface area contributed by atoms with Crippen molar-refractivity contribution in [2.24, 2.45) is 0 Å². The fraction of sp³-hybridized carbons (Fsp3) is 0.857. The predicted molar refractivity (Wildman–Crippen MR) is 78.9 cm³/mol. The average molecular weight is 301 g/mol. The van der Waals surface area contributed by atoms with E-state index >= 15 is 0 Å². The molecule has 0 unspecified atom stereocenters. The molecule has 1 aliphatic rings. The van der Waals surface area contributed by atoms with E-state index in [0.717, 1.165) is 25.8 Å². The number of unbranched alkanes of at least 4 members (excludes halogenated alkanes) is 1. The third kappa shape index (κ3) is 4.66. The lowest BCUT2D eigenvalue weighted by atomic mass is 9.93. The van der Waals surface area contributed by atoms with Crippen molar-refractivity contribution in [3.05, 3.63) is 0 Å². The van der Waals surface area contributed by atoms with Gasteiger partial charge >= 0.3 is 11.9 Å². The van der Waals surface area contributed by atoms with Gasteiger partial charge in [0.1, 0.15) is 11.6 Å². The van der Waals surface area contributed by atoms with E-state index in [0.29, 0.717) is 19.4 Å². The van der Waals surface area contributed by atoms with Crippen LogP contribution in [0.5, 0.6) is 0 Å². The number of likely N-dealkylation sites (N-methyl/N-ethyl adjacent to an activating group) is 1. The van der Waals surface area contributed by atoms with E-state index in [4.69, 9.17) is 5.11 Å². The van der Waals surface area contributed by atoms with Gasteiger partial charge < -0.3 is 10.2 Å². The van der Waals surface area contributed by atoms with Gasteiger partial charge in [-0.15, -0.1) is 0 Å². The molecule has 1 saturated heterocycles. The Balaban J connectivity index is 2.28. The molecule has 0 saturated carbocycles. The van der Waals surface area contributed by atoms with Crippen LogP contribution in [0, 0.1) is 0 Å². The second kappa shape index (κ2) is 7.72. The smallest absolute Gasteiger partial charge is 0.323 e. The van der Waals surface area contributed by atoms with E-state index in [2.05, 4.69) is 5.43 Å². The SMILES string of the molecule is CN(C)[C@@](C)(CCCCNN1CCC[C@H]1C(=O)O)C(=O)O. The second-order valence-corrected chi connectivity index (χ2v) is 6.03. The lowest BCUT2D eigenvalue weighted by Gasteiger charge is -2.32. The zero-order valence-electron chi connectivity index (χ0n) is 13.1. The van der Waals surface area contributed by atoms with Gasteiger partial charge in [-0.05, 0) is 53.1 Å². The fourth-order valence-corrected chi connectivity index (χ4v) is 2.55. The number of carboxylic acid groups (broad SMARTS) is 2. The Labute approximate surface area is 125 Å². The molecule has 1 fully saturated rings. The van der Waals surface area contributed by atoms with Crippen molar-refractivity contribution in [2.75, 3.05) is 27.2 Å². The second-order valence-electron chi connectivity index (χ2n) is 6.03. The highest BCUT2D eigenvalue weighted by Gasteiger charge is 2.35. The Morgan fingerprint density at radius 3 is 2.52 bits per heavy atom. The van der Waals surface area contributed by atoms with Gasteiger partial charge in [0.15, 0.2) is 0 Å². The maximum atomic E-state index is 11.3. The molecule has 1 heterocycles. The first-order valence-electron chi connectivity index (χ1n) is 7.43. The Kier molecular flexibility index (Phi) is 6.57. The van der Waals surface area contributed by atoms with E-state index < -0.39 is 23.5 Å². The number of hydrogen-bond donors (Lipinski definition) is 3. The minimum absolute atomic E-state index is 0.434. The molecule has 0 aliphatic carbocycles. The summed E-state index contributed by atoms with van der Waals surface area (Å²) in [5.74, 6) is -1.60. The quantitative estimate of drug-likeness (QED) is 0.537. The highest BCUT2D eigenvalue weighted by Crippen LogP contribution is 2.20. The molecule has 1 rings (SSSR count). The first-order valence-corrected chi connectivity index (χ1v) is 7.43. The molecule has 0 aromatic carbocycles. The third-order valence-electron chi connectivity index (χ3n) is 4.39. The van der Waals surface area contributed by atoms with Crippen LogP contribution in [0.15, 0.2) is 0 Å². The van der Waals surface area contributed by atoms with Gasteiger partial charge in [-0.3, -0.25) is 19.9 Å². The van der Waals surface area contributed by atoms with Gasteiger partial charge in [-0.1, -0.05) is 0 Å². The Hall–Kier alpha value is -1.18. The topological polar surface area (TPSA) is 93.1 Å². The summed E-state index contributed by atoms with van der Waals surface area (Å²) < 4.78 is 0. The van der Waals surface area contributed by atoms with Crippen LogP contribution in [0.25, 0.3) is 0 Å². The third-order valence-corrected chi connectivity index (χ3v) is 4.39. The van der Waals surface area contributed by atoms with Crippen molar-refractivity contribution in [2.45, 2.75) is 50.6 Å². The van der Waals surface area contributed by atoms with Crippen molar-refractivity contribution in [3.63, 3.8) is 0 Å². The fourth-order valence-electron chi connectivity index (χ4n) is 2.55. The molecular weight excluding hydrogens is 274 g/mol. The summed E-state index contributed by atoms with van der Waals surface area (Å²) in [6, 6.07) is -0.434. The highest BCUT2D eigenvalue weighted by atomic mass is 16.4. The summed E-state index contributed by atoms with van der Waals surface area (Å²) in [4.78, 5) is 24.1. The monoisotopic (exact) mass is 301 g/mol. The van der Waals surface area contributed by atoms with Gasteiger partial charge in [0, 0.05) is 13.1 Å². The number of nitrogens with zero attached hydrogens (tertiary/aromatic N) is 2. The standard InChI is InChI=1S/C14H27N3O4/c1-14(13(20)21,16(2)3)8-4-5-9-15-17-10-6-7-11(17)12(18)19/h11,15H,4-10H2,1-3H3,(H,18,19)(H,20,21)/t11-,14-/m0/s1. The molecule has 122 valence electrons. The Morgan fingerprint density at radius 2 is 2.00 bits per heavy atom. The molecule has 0 aromatic rings. The van der Waals surface area contributed by atoms with Gasteiger partial charge in [-0.25, -0.2) is 5.01 Å². The van der Waals surface area contributed by atoms with E-state index in [1.165, 1.54) is 0 Å². The lowest BCUT2D eigenvalue weighted by molar-refractivity contribution is -0.149. The van der Waals surface area contributed by atoms with Gasteiger partial charge in [0.2, 0.25) is 0 Å². The normalized spacial score (nSPS) is 22.4. The predicted octanol–water partition coefficient (Wildman–Crippen LogP) is 0.615. The van der Waals surface area contributed by atoms with E-state index in [1.807, 2.05) is 0 Å². The molecule has 3 N–H and O–H groups in total. The van der Waals surface area contributed by atoms with Crippen molar-refractivity contribution in [3.8, 4) is 0 Å². The van der Waals surface area contributed by atoms with Crippen LogP contribution in [0.3, 0.4) is 0 Å². The van der Waals surface area contributed by atoms with Crippen LogP contribution >= 0.6 is 0 Å². The number of nitrogens with one attached hydrogen (secondary N) is 1. The minimum Gasteiger partial charge on any atom is -0.480 e. The van der Waals surface area contributed by atoms with E-state index in [1.54, 1.807) is 30.9 Å². The van der Waals surface area contributed by atoms with Crippen LogP contribution in [0.4, 0.5) is 0 Å². The van der Waals surface area contributed by atoms with Gasteiger partial charge in [0.25, 0.3) is 0 Å². The molecule has 0 radical (unpaired) electrons. The molecule has 0 bridgehead atoms. The number of hydrogen-bond acceptors (Lipinski definition) is 5. The summed E-state index contributed by atoms with van der Waals surface area (Å²) in [7, 11) is 3.54. The van der Waals surface area contributed by atoms with Crippen LogP contribution in [-0.4, -0.2) is 70.8 Å². The molecular formula is C14H27N3O4. The lowest BCUT2D eigenvalue weighted by Crippen LogP contribution is -2.48. The largest absolute Gasteiger partial charge is 0.480 e. The maximum Gasteiger partial charge on any atom is 0.323 e. The molecule has 0 aromatic heterocycles. The molecule has 7 nitrogen and oxygen atoms in total. The number of carbonyl (C=O) groups is 2. The van der Waals surface area contributed by atoms with Gasteiger partial charge in [-0.2, -0.15) is 0 Å². The zero-order chi connectivity index (χ0) is 16.0. The molecule has 0 spiro atoms. The molecule has 7 heteroatoms. The summed E-state index contributed by atoms with van der Waals surface area (Å²) >= 11 is 0. The molecule has 21 heavy (non-hydrogen) atoms. The average Bonchev–Trinajstić information content (AvgIpc) is 2.86. The number of hydrazine groups is 1. The van der Waals surface area contributed by atoms with Crippen molar-refractivity contribution < 1.29 is 19.8 Å². The summed E-state index contributed by atoms with van der Waals surface area (Å²) in [5.41, 5.74) is 2.30. The van der Waals surface area contributed by atoms with Crippen molar-refractivity contribution in [1.82, 2.24) is 15.3 Å². The number of aliphatic carboxylic acids is 2. The van der Waals surface area contributed by atoms with E-state index in [9.17, 15) is 14.7 Å². The summed E-state index contributed by atoms with van der Waals surface area (Å²) in [6.45, 7) is 3.15. The van der Waals surface area contributed by atoms with Crippen LogP contribution in [-0.2, 0) is 9.59 Å². The Morgan fingerprint density at radius 1 is 1.33 bits per heavy atom. The summed E-state index contributed by atoms with van der Waals surface area (Å²) in [6.07, 6.45) is 3.74. The molecule has 2 atom stereocenters.